The molecule has 5 heteroatoms. The second-order valence-electron chi connectivity index (χ2n) is 4.41. The van der Waals surface area contributed by atoms with Crippen LogP contribution >= 0.6 is 0 Å². The SMILES string of the molecule is COc1cccc(/C=N/NC(=O)c2ccccc2C)c1O. The summed E-state index contributed by atoms with van der Waals surface area (Å²) >= 11 is 0. The van der Waals surface area contributed by atoms with E-state index in [2.05, 4.69) is 10.5 Å². The molecule has 0 bridgehead atoms. The van der Waals surface area contributed by atoms with Crippen molar-refractivity contribution in [2.24, 2.45) is 5.10 Å². The minimum Gasteiger partial charge on any atom is -0.504 e. The summed E-state index contributed by atoms with van der Waals surface area (Å²) in [5, 5.41) is 13.7. The number of aromatic hydroxyl groups is 1. The quantitative estimate of drug-likeness (QED) is 0.669. The Labute approximate surface area is 122 Å². The molecule has 2 aromatic carbocycles. The Morgan fingerprint density at radius 2 is 2.00 bits per heavy atom. The monoisotopic (exact) mass is 284 g/mol. The number of carbonyl (C=O) groups is 1. The number of nitrogens with one attached hydrogen (secondary N) is 1. The van der Waals surface area contributed by atoms with E-state index in [9.17, 15) is 9.90 Å². The molecule has 0 aliphatic rings. The van der Waals surface area contributed by atoms with Crippen LogP contribution in [-0.4, -0.2) is 24.3 Å². The molecule has 2 aromatic rings. The van der Waals surface area contributed by atoms with Crippen molar-refractivity contribution in [2.75, 3.05) is 7.11 Å². The lowest BCUT2D eigenvalue weighted by Gasteiger charge is -2.05. The van der Waals surface area contributed by atoms with Crippen LogP contribution in [-0.2, 0) is 0 Å². The number of hydrazone groups is 1. The van der Waals surface area contributed by atoms with E-state index in [-0.39, 0.29) is 11.7 Å². The maximum Gasteiger partial charge on any atom is 0.271 e. The van der Waals surface area contributed by atoms with Crippen molar-refractivity contribution in [3.63, 3.8) is 0 Å². The fourth-order valence-electron chi connectivity index (χ4n) is 1.86. The number of para-hydroxylation sites is 1. The van der Waals surface area contributed by atoms with Crippen LogP contribution in [0.3, 0.4) is 0 Å². The molecule has 0 aromatic heterocycles. The zero-order valence-corrected chi connectivity index (χ0v) is 11.8. The molecule has 2 N–H and O–H groups in total. The first-order chi connectivity index (χ1) is 10.1. The average Bonchev–Trinajstić information content (AvgIpc) is 2.49. The van der Waals surface area contributed by atoms with Crippen LogP contribution in [0.25, 0.3) is 0 Å². The van der Waals surface area contributed by atoms with Gasteiger partial charge in [0.1, 0.15) is 0 Å². The third kappa shape index (κ3) is 3.39. The van der Waals surface area contributed by atoms with Crippen LogP contribution in [0, 0.1) is 6.92 Å². The van der Waals surface area contributed by atoms with Gasteiger partial charge in [-0.3, -0.25) is 4.79 Å². The zero-order valence-electron chi connectivity index (χ0n) is 11.8. The molecule has 0 aliphatic carbocycles. The lowest BCUT2D eigenvalue weighted by atomic mass is 10.1. The number of hydrogen-bond acceptors (Lipinski definition) is 4. The van der Waals surface area contributed by atoms with Crippen LogP contribution < -0.4 is 10.2 Å². The molecule has 0 saturated heterocycles. The van der Waals surface area contributed by atoms with Crippen LogP contribution in [0.15, 0.2) is 47.6 Å². The number of phenolic OH excluding ortho intramolecular Hbond substituents is 1. The molecule has 1 amide bonds. The van der Waals surface area contributed by atoms with E-state index in [0.29, 0.717) is 16.9 Å². The molecule has 5 nitrogen and oxygen atoms in total. The molecule has 2 rings (SSSR count). The molecule has 108 valence electrons. The van der Waals surface area contributed by atoms with Crippen molar-refractivity contribution in [3.05, 3.63) is 59.2 Å². The highest BCUT2D eigenvalue weighted by Gasteiger charge is 2.07. The summed E-state index contributed by atoms with van der Waals surface area (Å²) in [4.78, 5) is 12.0. The number of hydrogen-bond donors (Lipinski definition) is 2. The van der Waals surface area contributed by atoms with Gasteiger partial charge in [-0.1, -0.05) is 24.3 Å². The van der Waals surface area contributed by atoms with E-state index >= 15 is 0 Å². The Bertz CT molecular complexity index is 681. The van der Waals surface area contributed by atoms with Gasteiger partial charge in [0.2, 0.25) is 0 Å². The third-order valence-electron chi connectivity index (χ3n) is 3.01. The second-order valence-corrected chi connectivity index (χ2v) is 4.41. The molecule has 0 unspecified atom stereocenters. The second kappa shape index (κ2) is 6.56. The van der Waals surface area contributed by atoms with Crippen LogP contribution in [0.1, 0.15) is 21.5 Å². The van der Waals surface area contributed by atoms with Crippen LogP contribution in [0.4, 0.5) is 0 Å². The summed E-state index contributed by atoms with van der Waals surface area (Å²) < 4.78 is 5.00. The van der Waals surface area contributed by atoms with Crippen molar-refractivity contribution in [1.29, 1.82) is 0 Å². The van der Waals surface area contributed by atoms with E-state index in [1.807, 2.05) is 19.1 Å². The molecule has 0 radical (unpaired) electrons. The molecular formula is C16H16N2O3. The number of rotatable bonds is 4. The van der Waals surface area contributed by atoms with E-state index in [1.54, 1.807) is 30.3 Å². The van der Waals surface area contributed by atoms with Gasteiger partial charge in [-0.15, -0.1) is 0 Å². The largest absolute Gasteiger partial charge is 0.504 e. The fourth-order valence-corrected chi connectivity index (χ4v) is 1.86. The van der Waals surface area contributed by atoms with E-state index in [1.165, 1.54) is 13.3 Å². The summed E-state index contributed by atoms with van der Waals surface area (Å²) in [5.74, 6) is 0.0322. The van der Waals surface area contributed by atoms with Crippen LogP contribution in [0.2, 0.25) is 0 Å². The van der Waals surface area contributed by atoms with Crippen molar-refractivity contribution >= 4 is 12.1 Å². The first-order valence-corrected chi connectivity index (χ1v) is 6.38. The Morgan fingerprint density at radius 3 is 2.71 bits per heavy atom. The van der Waals surface area contributed by atoms with Crippen molar-refractivity contribution in [2.45, 2.75) is 6.92 Å². The molecule has 0 atom stereocenters. The van der Waals surface area contributed by atoms with Gasteiger partial charge in [0, 0.05) is 11.1 Å². The minimum absolute atomic E-state index is 0.0195. The molecule has 0 heterocycles. The minimum atomic E-state index is -0.299. The van der Waals surface area contributed by atoms with Gasteiger partial charge in [-0.05, 0) is 30.7 Å². The van der Waals surface area contributed by atoms with Crippen LogP contribution in [0.5, 0.6) is 11.5 Å². The van der Waals surface area contributed by atoms with Gasteiger partial charge in [0.15, 0.2) is 11.5 Å². The maximum absolute atomic E-state index is 12.0. The van der Waals surface area contributed by atoms with Crippen molar-refractivity contribution in [3.8, 4) is 11.5 Å². The van der Waals surface area contributed by atoms with Gasteiger partial charge in [-0.25, -0.2) is 5.43 Å². The van der Waals surface area contributed by atoms with Gasteiger partial charge in [-0.2, -0.15) is 5.10 Å². The highest BCUT2D eigenvalue weighted by molar-refractivity contribution is 5.96. The molecule has 0 saturated carbocycles. The van der Waals surface area contributed by atoms with Gasteiger partial charge in [0.05, 0.1) is 13.3 Å². The summed E-state index contributed by atoms with van der Waals surface area (Å²) in [5.41, 5.74) is 4.32. The summed E-state index contributed by atoms with van der Waals surface area (Å²) in [7, 11) is 1.47. The van der Waals surface area contributed by atoms with Crippen molar-refractivity contribution < 1.29 is 14.6 Å². The van der Waals surface area contributed by atoms with Gasteiger partial charge < -0.3 is 9.84 Å². The molecule has 0 fully saturated rings. The number of methoxy groups -OCH3 is 1. The maximum atomic E-state index is 12.0. The molecule has 0 spiro atoms. The first-order valence-electron chi connectivity index (χ1n) is 6.38. The Kier molecular flexibility index (Phi) is 4.56. The van der Waals surface area contributed by atoms with E-state index in [0.717, 1.165) is 5.56 Å². The predicted octanol–water partition coefficient (Wildman–Crippen LogP) is 2.47. The number of phenols is 1. The van der Waals surface area contributed by atoms with E-state index < -0.39 is 0 Å². The highest BCUT2D eigenvalue weighted by atomic mass is 16.5. The van der Waals surface area contributed by atoms with Crippen molar-refractivity contribution in [1.82, 2.24) is 5.43 Å². The lowest BCUT2D eigenvalue weighted by molar-refractivity contribution is 0.0954. The topological polar surface area (TPSA) is 70.9 Å². The number of nitrogens with zero attached hydrogens (tertiary/aromatic N) is 1. The molecule has 21 heavy (non-hydrogen) atoms. The number of carbonyl (C=O) groups excluding carboxylic acids is 1. The Balaban J connectivity index is 2.10. The smallest absolute Gasteiger partial charge is 0.271 e. The van der Waals surface area contributed by atoms with E-state index in [4.69, 9.17) is 4.74 Å². The number of amides is 1. The number of benzene rings is 2. The number of ether oxygens (including phenoxy) is 1. The Hall–Kier alpha value is -2.82. The number of aryl methyl sites for hydroxylation is 1. The predicted molar refractivity (Wildman–Crippen MR) is 80.9 cm³/mol. The first kappa shape index (κ1) is 14.6. The Morgan fingerprint density at radius 1 is 1.24 bits per heavy atom. The lowest BCUT2D eigenvalue weighted by Crippen LogP contribution is -2.18. The summed E-state index contributed by atoms with van der Waals surface area (Å²) in [6.45, 7) is 1.85. The summed E-state index contributed by atoms with van der Waals surface area (Å²) in [6.07, 6.45) is 1.37. The molecule has 0 aliphatic heterocycles. The fraction of sp³-hybridized carbons (Fsp3) is 0.125. The summed E-state index contributed by atoms with van der Waals surface area (Å²) in [6, 6.07) is 12.3. The van der Waals surface area contributed by atoms with Gasteiger partial charge >= 0.3 is 0 Å². The van der Waals surface area contributed by atoms with Gasteiger partial charge in [0.25, 0.3) is 5.91 Å². The highest BCUT2D eigenvalue weighted by Crippen LogP contribution is 2.27. The molecular weight excluding hydrogens is 268 g/mol. The third-order valence-corrected chi connectivity index (χ3v) is 3.01. The normalized spacial score (nSPS) is 10.6. The average molecular weight is 284 g/mol. The zero-order chi connectivity index (χ0) is 15.2. The standard InChI is InChI=1S/C16H16N2O3/c1-11-6-3-4-8-13(11)16(20)18-17-10-12-7-5-9-14(21-2)15(12)19/h3-10,19H,1-2H3,(H,18,20)/b17-10+.